The van der Waals surface area contributed by atoms with E-state index in [0.29, 0.717) is 18.0 Å². The second-order valence-corrected chi connectivity index (χ2v) is 5.05. The van der Waals surface area contributed by atoms with Crippen molar-refractivity contribution in [2.45, 2.75) is 6.54 Å². The molecular formula is C14H17N3O3S. The molecule has 0 aliphatic rings. The van der Waals surface area contributed by atoms with Gasteiger partial charge in [-0.25, -0.2) is 4.98 Å². The summed E-state index contributed by atoms with van der Waals surface area (Å²) in [6.07, 6.45) is 1.69. The molecule has 1 amide bonds. The third kappa shape index (κ3) is 4.35. The number of carbonyl (C=O) groups excluding carboxylic acids is 1. The highest BCUT2D eigenvalue weighted by atomic mass is 32.1. The number of ether oxygens (including phenoxy) is 2. The number of rotatable bonds is 7. The van der Waals surface area contributed by atoms with Gasteiger partial charge in [0.05, 0.1) is 20.8 Å². The Kier molecular flexibility index (Phi) is 5.39. The molecule has 0 atom stereocenters. The van der Waals surface area contributed by atoms with Crippen LogP contribution in [-0.2, 0) is 11.3 Å². The van der Waals surface area contributed by atoms with Gasteiger partial charge in [0.25, 0.3) is 0 Å². The minimum atomic E-state index is -0.0972. The first-order chi connectivity index (χ1) is 10.2. The van der Waals surface area contributed by atoms with E-state index in [0.717, 1.165) is 10.7 Å². The molecule has 0 saturated carbocycles. The van der Waals surface area contributed by atoms with Gasteiger partial charge in [-0.15, -0.1) is 11.3 Å². The van der Waals surface area contributed by atoms with Crippen LogP contribution in [0, 0.1) is 0 Å². The second kappa shape index (κ2) is 7.49. The lowest BCUT2D eigenvalue weighted by Gasteiger charge is -2.10. The van der Waals surface area contributed by atoms with Crippen LogP contribution >= 0.6 is 11.3 Å². The minimum absolute atomic E-state index is 0.0972. The van der Waals surface area contributed by atoms with Crippen LogP contribution in [0.1, 0.15) is 5.56 Å². The van der Waals surface area contributed by atoms with Crippen LogP contribution in [-0.4, -0.2) is 31.7 Å². The zero-order chi connectivity index (χ0) is 15.1. The Morgan fingerprint density at radius 2 is 2.10 bits per heavy atom. The third-order valence-electron chi connectivity index (χ3n) is 2.77. The smallest absolute Gasteiger partial charge is 0.239 e. The fourth-order valence-corrected chi connectivity index (χ4v) is 2.25. The van der Waals surface area contributed by atoms with Crippen LogP contribution in [0.3, 0.4) is 0 Å². The average Bonchev–Trinajstić information content (AvgIpc) is 3.04. The number of methoxy groups -OCH3 is 2. The van der Waals surface area contributed by atoms with E-state index in [9.17, 15) is 4.79 Å². The number of hydrogen-bond donors (Lipinski definition) is 2. The molecule has 0 radical (unpaired) electrons. The molecule has 0 spiro atoms. The van der Waals surface area contributed by atoms with E-state index in [4.69, 9.17) is 9.47 Å². The number of carbonyl (C=O) groups is 1. The summed E-state index contributed by atoms with van der Waals surface area (Å²) in [5, 5.41) is 8.37. The molecule has 0 bridgehead atoms. The first-order valence-corrected chi connectivity index (χ1v) is 7.22. The second-order valence-electron chi connectivity index (χ2n) is 4.16. The van der Waals surface area contributed by atoms with Crippen molar-refractivity contribution >= 4 is 22.4 Å². The van der Waals surface area contributed by atoms with Gasteiger partial charge in [0.1, 0.15) is 0 Å². The van der Waals surface area contributed by atoms with E-state index in [2.05, 4.69) is 15.6 Å². The zero-order valence-corrected chi connectivity index (χ0v) is 12.7. The Bertz CT molecular complexity index is 587. The molecule has 2 aromatic rings. The number of anilines is 1. The van der Waals surface area contributed by atoms with Crippen LogP contribution in [0.25, 0.3) is 0 Å². The van der Waals surface area contributed by atoms with Crippen LogP contribution in [0.5, 0.6) is 11.5 Å². The number of aromatic nitrogens is 1. The van der Waals surface area contributed by atoms with Crippen molar-refractivity contribution in [3.05, 3.63) is 35.3 Å². The molecule has 21 heavy (non-hydrogen) atoms. The fourth-order valence-electron chi connectivity index (χ4n) is 1.72. The van der Waals surface area contributed by atoms with Crippen LogP contribution < -0.4 is 20.1 Å². The van der Waals surface area contributed by atoms with Crippen molar-refractivity contribution in [3.63, 3.8) is 0 Å². The summed E-state index contributed by atoms with van der Waals surface area (Å²) in [5.41, 5.74) is 0.940. The fraction of sp³-hybridized carbons (Fsp3) is 0.286. The third-order valence-corrected chi connectivity index (χ3v) is 3.50. The molecule has 2 rings (SSSR count). The molecule has 1 aromatic heterocycles. The zero-order valence-electron chi connectivity index (χ0n) is 11.9. The molecule has 7 heteroatoms. The van der Waals surface area contributed by atoms with Crippen molar-refractivity contribution < 1.29 is 14.3 Å². The maximum atomic E-state index is 11.7. The molecule has 2 N–H and O–H groups in total. The lowest BCUT2D eigenvalue weighted by Crippen LogP contribution is -2.29. The molecule has 1 aromatic carbocycles. The van der Waals surface area contributed by atoms with Gasteiger partial charge in [-0.3, -0.25) is 4.79 Å². The summed E-state index contributed by atoms with van der Waals surface area (Å²) in [6.45, 7) is 0.625. The maximum Gasteiger partial charge on any atom is 0.239 e. The van der Waals surface area contributed by atoms with Gasteiger partial charge in [-0.05, 0) is 17.7 Å². The highest BCUT2D eigenvalue weighted by Crippen LogP contribution is 2.27. The largest absolute Gasteiger partial charge is 0.493 e. The van der Waals surface area contributed by atoms with E-state index >= 15 is 0 Å². The Morgan fingerprint density at radius 1 is 1.29 bits per heavy atom. The predicted molar refractivity (Wildman–Crippen MR) is 82.0 cm³/mol. The number of nitrogens with zero attached hydrogens (tertiary/aromatic N) is 1. The summed E-state index contributed by atoms with van der Waals surface area (Å²) in [7, 11) is 3.17. The van der Waals surface area contributed by atoms with Crippen molar-refractivity contribution in [1.82, 2.24) is 10.3 Å². The van der Waals surface area contributed by atoms with Crippen molar-refractivity contribution in [3.8, 4) is 11.5 Å². The monoisotopic (exact) mass is 307 g/mol. The number of amides is 1. The van der Waals surface area contributed by atoms with Crippen LogP contribution in [0.4, 0.5) is 5.13 Å². The van der Waals surface area contributed by atoms with Gasteiger partial charge in [0.2, 0.25) is 5.91 Å². The normalized spacial score (nSPS) is 10.0. The standard InChI is InChI=1S/C14H17N3O3S/c1-19-11-4-3-10(7-12(11)20-2)8-16-13(18)9-17-14-15-5-6-21-14/h3-7H,8-9H2,1-2H3,(H,15,17)(H,16,18). The van der Waals surface area contributed by atoms with Gasteiger partial charge in [0, 0.05) is 18.1 Å². The van der Waals surface area contributed by atoms with Crippen molar-refractivity contribution in [2.24, 2.45) is 0 Å². The molecule has 0 saturated heterocycles. The molecule has 0 aliphatic heterocycles. The number of benzene rings is 1. The van der Waals surface area contributed by atoms with E-state index in [1.54, 1.807) is 20.4 Å². The Balaban J connectivity index is 1.83. The highest BCUT2D eigenvalue weighted by Gasteiger charge is 2.06. The maximum absolute atomic E-state index is 11.7. The van der Waals surface area contributed by atoms with Gasteiger partial charge in [-0.2, -0.15) is 0 Å². The van der Waals surface area contributed by atoms with Gasteiger partial charge in [-0.1, -0.05) is 6.07 Å². The quantitative estimate of drug-likeness (QED) is 0.817. The molecule has 0 unspecified atom stereocenters. The molecular weight excluding hydrogens is 290 g/mol. The van der Waals surface area contributed by atoms with Gasteiger partial charge < -0.3 is 20.1 Å². The molecule has 0 fully saturated rings. The van der Waals surface area contributed by atoms with Gasteiger partial charge in [0.15, 0.2) is 16.6 Å². The minimum Gasteiger partial charge on any atom is -0.493 e. The summed E-state index contributed by atoms with van der Waals surface area (Å²) in [6, 6.07) is 5.54. The number of hydrogen-bond acceptors (Lipinski definition) is 6. The average molecular weight is 307 g/mol. The topological polar surface area (TPSA) is 72.5 Å². The number of thiazole rings is 1. The van der Waals surface area contributed by atoms with E-state index in [1.807, 2.05) is 23.6 Å². The summed E-state index contributed by atoms with van der Waals surface area (Å²) < 4.78 is 10.4. The first kappa shape index (κ1) is 15.1. The Morgan fingerprint density at radius 3 is 2.76 bits per heavy atom. The lowest BCUT2D eigenvalue weighted by molar-refractivity contribution is -0.119. The Labute approximate surface area is 127 Å². The van der Waals surface area contributed by atoms with E-state index in [1.165, 1.54) is 11.3 Å². The highest BCUT2D eigenvalue weighted by molar-refractivity contribution is 7.13. The lowest BCUT2D eigenvalue weighted by atomic mass is 10.2. The van der Waals surface area contributed by atoms with E-state index < -0.39 is 0 Å². The summed E-state index contributed by atoms with van der Waals surface area (Å²) in [5.74, 6) is 1.21. The van der Waals surface area contributed by atoms with E-state index in [-0.39, 0.29) is 12.5 Å². The predicted octanol–water partition coefficient (Wildman–Crippen LogP) is 1.89. The van der Waals surface area contributed by atoms with Gasteiger partial charge >= 0.3 is 0 Å². The van der Waals surface area contributed by atoms with Crippen LogP contribution in [0.2, 0.25) is 0 Å². The Hall–Kier alpha value is -2.28. The summed E-state index contributed by atoms with van der Waals surface area (Å²) >= 11 is 1.46. The molecule has 112 valence electrons. The van der Waals surface area contributed by atoms with Crippen molar-refractivity contribution in [1.29, 1.82) is 0 Å². The summed E-state index contributed by atoms with van der Waals surface area (Å²) in [4.78, 5) is 15.8. The van der Waals surface area contributed by atoms with Crippen LogP contribution in [0.15, 0.2) is 29.8 Å². The first-order valence-electron chi connectivity index (χ1n) is 6.34. The molecule has 0 aliphatic carbocycles. The SMILES string of the molecule is COc1ccc(CNC(=O)CNc2nccs2)cc1OC. The van der Waals surface area contributed by atoms with Crippen molar-refractivity contribution in [2.75, 3.05) is 26.1 Å². The number of nitrogens with one attached hydrogen (secondary N) is 2. The molecule has 1 heterocycles. The molecule has 6 nitrogen and oxygen atoms in total.